The van der Waals surface area contributed by atoms with Crippen molar-refractivity contribution in [1.29, 1.82) is 0 Å². The van der Waals surface area contributed by atoms with Crippen LogP contribution in [0.1, 0.15) is 11.1 Å². The van der Waals surface area contributed by atoms with Crippen LogP contribution in [0.3, 0.4) is 0 Å². The van der Waals surface area contributed by atoms with E-state index < -0.39 is 0 Å². The van der Waals surface area contributed by atoms with Gasteiger partial charge in [0.15, 0.2) is 0 Å². The number of aliphatic hydroxyl groups excluding tert-OH is 1. The standard InChI is InChI=1S/C17H16O3/c1-19-17-7-3-2-6-15(17)13-20-16-10-8-14(9-11-16)5-4-12-18/h2-3,6-11,18H,12-13H2,1H3. The number of hydrogen-bond donors (Lipinski definition) is 1. The minimum absolute atomic E-state index is 0.133. The van der Waals surface area contributed by atoms with E-state index in [0.717, 1.165) is 22.6 Å². The molecule has 3 heteroatoms. The molecule has 0 amide bonds. The highest BCUT2D eigenvalue weighted by atomic mass is 16.5. The molecule has 0 unspecified atom stereocenters. The van der Waals surface area contributed by atoms with Gasteiger partial charge in [0.1, 0.15) is 24.7 Å². The molecule has 0 aliphatic heterocycles. The van der Waals surface area contributed by atoms with Crippen molar-refractivity contribution in [3.05, 3.63) is 59.7 Å². The molecule has 0 bridgehead atoms. The first-order chi connectivity index (χ1) is 9.83. The Morgan fingerprint density at radius 3 is 2.50 bits per heavy atom. The molecule has 0 aromatic heterocycles. The maximum atomic E-state index is 8.63. The summed E-state index contributed by atoms with van der Waals surface area (Å²) in [6, 6.07) is 15.2. The van der Waals surface area contributed by atoms with Gasteiger partial charge in [-0.15, -0.1) is 0 Å². The summed E-state index contributed by atoms with van der Waals surface area (Å²) >= 11 is 0. The lowest BCUT2D eigenvalue weighted by molar-refractivity contribution is 0.296. The summed E-state index contributed by atoms with van der Waals surface area (Å²) < 4.78 is 11.0. The third-order valence-electron chi connectivity index (χ3n) is 2.75. The molecular weight excluding hydrogens is 252 g/mol. The number of ether oxygens (including phenoxy) is 2. The predicted octanol–water partition coefficient (Wildman–Crippen LogP) is 2.62. The zero-order valence-electron chi connectivity index (χ0n) is 11.3. The molecule has 102 valence electrons. The zero-order chi connectivity index (χ0) is 14.2. The Labute approximate surface area is 118 Å². The molecular formula is C17H16O3. The highest BCUT2D eigenvalue weighted by Crippen LogP contribution is 2.20. The second-order valence-corrected chi connectivity index (χ2v) is 4.08. The molecule has 0 atom stereocenters. The first kappa shape index (κ1) is 14.0. The van der Waals surface area contributed by atoms with Crippen molar-refractivity contribution in [1.82, 2.24) is 0 Å². The van der Waals surface area contributed by atoms with Gasteiger partial charge in [-0.05, 0) is 30.3 Å². The predicted molar refractivity (Wildman–Crippen MR) is 77.7 cm³/mol. The van der Waals surface area contributed by atoms with Gasteiger partial charge in [-0.25, -0.2) is 0 Å². The maximum Gasteiger partial charge on any atom is 0.125 e. The van der Waals surface area contributed by atoms with Gasteiger partial charge in [0.2, 0.25) is 0 Å². The Hall–Kier alpha value is -2.44. The van der Waals surface area contributed by atoms with Crippen molar-refractivity contribution >= 4 is 0 Å². The molecule has 0 aliphatic rings. The van der Waals surface area contributed by atoms with E-state index in [1.54, 1.807) is 7.11 Å². The van der Waals surface area contributed by atoms with Crippen molar-refractivity contribution in [3.63, 3.8) is 0 Å². The molecule has 0 saturated carbocycles. The van der Waals surface area contributed by atoms with Crippen LogP contribution in [0.5, 0.6) is 11.5 Å². The Morgan fingerprint density at radius 2 is 1.80 bits per heavy atom. The quantitative estimate of drug-likeness (QED) is 0.866. The van der Waals surface area contributed by atoms with Gasteiger partial charge in [-0.3, -0.25) is 0 Å². The molecule has 0 aliphatic carbocycles. The van der Waals surface area contributed by atoms with Gasteiger partial charge in [0.25, 0.3) is 0 Å². The molecule has 2 aromatic rings. The molecule has 3 nitrogen and oxygen atoms in total. The topological polar surface area (TPSA) is 38.7 Å². The molecule has 0 heterocycles. The summed E-state index contributed by atoms with van der Waals surface area (Å²) in [5.74, 6) is 7.03. The third kappa shape index (κ3) is 3.78. The molecule has 1 N–H and O–H groups in total. The van der Waals surface area contributed by atoms with Gasteiger partial charge in [0, 0.05) is 11.1 Å². The van der Waals surface area contributed by atoms with Crippen LogP contribution >= 0.6 is 0 Å². The minimum atomic E-state index is -0.133. The molecule has 0 spiro atoms. The monoisotopic (exact) mass is 268 g/mol. The summed E-state index contributed by atoms with van der Waals surface area (Å²) in [7, 11) is 1.65. The van der Waals surface area contributed by atoms with Crippen LogP contribution in [0, 0.1) is 11.8 Å². The van der Waals surface area contributed by atoms with E-state index in [9.17, 15) is 0 Å². The van der Waals surface area contributed by atoms with Gasteiger partial charge in [-0.2, -0.15) is 0 Å². The van der Waals surface area contributed by atoms with Crippen LogP contribution in [-0.4, -0.2) is 18.8 Å². The van der Waals surface area contributed by atoms with E-state index >= 15 is 0 Å². The average Bonchev–Trinajstić information content (AvgIpc) is 2.52. The highest BCUT2D eigenvalue weighted by molar-refractivity contribution is 5.39. The lowest BCUT2D eigenvalue weighted by atomic mass is 10.2. The molecule has 0 fully saturated rings. The Morgan fingerprint density at radius 1 is 1.05 bits per heavy atom. The fourth-order valence-corrected chi connectivity index (χ4v) is 1.76. The molecule has 2 aromatic carbocycles. The lowest BCUT2D eigenvalue weighted by Gasteiger charge is -2.10. The second-order valence-electron chi connectivity index (χ2n) is 4.08. The number of aliphatic hydroxyl groups is 1. The van der Waals surface area contributed by atoms with Crippen molar-refractivity contribution in [3.8, 4) is 23.3 Å². The summed E-state index contributed by atoms with van der Waals surface area (Å²) in [4.78, 5) is 0. The summed E-state index contributed by atoms with van der Waals surface area (Å²) in [6.45, 7) is 0.317. The van der Waals surface area contributed by atoms with Gasteiger partial charge in [0.05, 0.1) is 7.11 Å². The van der Waals surface area contributed by atoms with Crippen molar-refractivity contribution in [2.24, 2.45) is 0 Å². The summed E-state index contributed by atoms with van der Waals surface area (Å²) in [5, 5.41) is 8.63. The second kappa shape index (κ2) is 7.22. The summed E-state index contributed by atoms with van der Waals surface area (Å²) in [5.41, 5.74) is 1.85. The average molecular weight is 268 g/mol. The molecule has 0 saturated heterocycles. The highest BCUT2D eigenvalue weighted by Gasteiger charge is 2.02. The van der Waals surface area contributed by atoms with Crippen LogP contribution in [0.4, 0.5) is 0 Å². The number of methoxy groups -OCH3 is 1. The van der Waals surface area contributed by atoms with E-state index in [1.165, 1.54) is 0 Å². The maximum absolute atomic E-state index is 8.63. The Kier molecular flexibility index (Phi) is 5.05. The number of rotatable bonds is 4. The molecule has 20 heavy (non-hydrogen) atoms. The Bertz CT molecular complexity index is 606. The van der Waals surface area contributed by atoms with Gasteiger partial charge in [-0.1, -0.05) is 30.0 Å². The van der Waals surface area contributed by atoms with Crippen LogP contribution < -0.4 is 9.47 Å². The number of para-hydroxylation sites is 1. The minimum Gasteiger partial charge on any atom is -0.496 e. The van der Waals surface area contributed by atoms with Gasteiger partial charge >= 0.3 is 0 Å². The third-order valence-corrected chi connectivity index (χ3v) is 2.75. The largest absolute Gasteiger partial charge is 0.496 e. The van der Waals surface area contributed by atoms with Crippen molar-refractivity contribution < 1.29 is 14.6 Å². The van der Waals surface area contributed by atoms with Crippen LogP contribution in [-0.2, 0) is 6.61 Å². The number of benzene rings is 2. The Balaban J connectivity index is 2.00. The normalized spacial score (nSPS) is 9.50. The van der Waals surface area contributed by atoms with E-state index in [2.05, 4.69) is 11.8 Å². The lowest BCUT2D eigenvalue weighted by Crippen LogP contribution is -1.98. The fraction of sp³-hybridized carbons (Fsp3) is 0.176. The van der Waals surface area contributed by atoms with E-state index in [1.807, 2.05) is 48.5 Å². The van der Waals surface area contributed by atoms with E-state index in [0.29, 0.717) is 6.61 Å². The van der Waals surface area contributed by atoms with Crippen molar-refractivity contribution in [2.45, 2.75) is 6.61 Å². The zero-order valence-corrected chi connectivity index (χ0v) is 11.3. The van der Waals surface area contributed by atoms with Crippen LogP contribution in [0.2, 0.25) is 0 Å². The SMILES string of the molecule is COc1ccccc1COc1ccc(C#CCO)cc1. The fourth-order valence-electron chi connectivity index (χ4n) is 1.76. The first-order valence-electron chi connectivity index (χ1n) is 6.28. The van der Waals surface area contributed by atoms with Gasteiger partial charge < -0.3 is 14.6 Å². The van der Waals surface area contributed by atoms with Crippen LogP contribution in [0.25, 0.3) is 0 Å². The smallest absolute Gasteiger partial charge is 0.125 e. The first-order valence-corrected chi connectivity index (χ1v) is 6.28. The number of hydrogen-bond acceptors (Lipinski definition) is 3. The van der Waals surface area contributed by atoms with Crippen molar-refractivity contribution in [2.75, 3.05) is 13.7 Å². The summed E-state index contributed by atoms with van der Waals surface area (Å²) in [6.07, 6.45) is 0. The van der Waals surface area contributed by atoms with Crippen LogP contribution in [0.15, 0.2) is 48.5 Å². The van der Waals surface area contributed by atoms with E-state index in [4.69, 9.17) is 14.6 Å². The molecule has 2 rings (SSSR count). The van der Waals surface area contributed by atoms with E-state index in [-0.39, 0.29) is 6.61 Å². The molecule has 0 radical (unpaired) electrons.